The highest BCUT2D eigenvalue weighted by Gasteiger charge is 2.24. The average molecular weight is 183 g/mol. The molecule has 1 aliphatic rings. The summed E-state index contributed by atoms with van der Waals surface area (Å²) in [6.07, 6.45) is 4.95. The molecule has 1 heterocycles. The van der Waals surface area contributed by atoms with E-state index in [0.717, 1.165) is 12.8 Å². The highest BCUT2D eigenvalue weighted by atomic mass is 16.5. The molecule has 1 aliphatic heterocycles. The Balaban J connectivity index is 2.36. The third-order valence-electron chi connectivity index (χ3n) is 2.55. The van der Waals surface area contributed by atoms with E-state index in [1.807, 2.05) is 6.08 Å². The van der Waals surface area contributed by atoms with Crippen LogP contribution in [0.3, 0.4) is 0 Å². The fraction of sp³-hybridized carbons (Fsp3) is 0.818. The quantitative estimate of drug-likeness (QED) is 0.677. The van der Waals surface area contributed by atoms with Crippen LogP contribution >= 0.6 is 0 Å². The number of nitrogens with one attached hydrogen (secondary N) is 1. The van der Waals surface area contributed by atoms with Gasteiger partial charge in [-0.05, 0) is 33.6 Å². The molecule has 1 fully saturated rings. The van der Waals surface area contributed by atoms with Crippen molar-refractivity contribution in [2.45, 2.75) is 57.9 Å². The topological polar surface area (TPSA) is 21.3 Å². The lowest BCUT2D eigenvalue weighted by atomic mass is 9.99. The Morgan fingerprint density at radius 3 is 2.38 bits per heavy atom. The third kappa shape index (κ3) is 3.49. The summed E-state index contributed by atoms with van der Waals surface area (Å²) in [5.74, 6) is 0. The molecule has 0 aromatic heterocycles. The van der Waals surface area contributed by atoms with Crippen LogP contribution in [0.15, 0.2) is 12.7 Å². The van der Waals surface area contributed by atoms with Gasteiger partial charge in [0.25, 0.3) is 0 Å². The van der Waals surface area contributed by atoms with Crippen molar-refractivity contribution < 1.29 is 4.74 Å². The Morgan fingerprint density at radius 2 is 1.92 bits per heavy atom. The molecular formula is C11H21NO. The molecule has 0 aromatic rings. The van der Waals surface area contributed by atoms with Crippen LogP contribution in [0, 0.1) is 0 Å². The van der Waals surface area contributed by atoms with Crippen molar-refractivity contribution in [1.29, 1.82) is 0 Å². The van der Waals surface area contributed by atoms with Gasteiger partial charge in [0, 0.05) is 12.1 Å². The summed E-state index contributed by atoms with van der Waals surface area (Å²) in [6, 6.07) is 0.995. The van der Waals surface area contributed by atoms with E-state index in [9.17, 15) is 0 Å². The van der Waals surface area contributed by atoms with Gasteiger partial charge in [-0.15, -0.1) is 6.58 Å². The Bertz CT molecular complexity index is 159. The molecule has 76 valence electrons. The van der Waals surface area contributed by atoms with Gasteiger partial charge in [0.1, 0.15) is 0 Å². The molecule has 0 bridgehead atoms. The van der Waals surface area contributed by atoms with Crippen molar-refractivity contribution in [3.05, 3.63) is 12.7 Å². The van der Waals surface area contributed by atoms with Crippen molar-refractivity contribution in [1.82, 2.24) is 5.32 Å². The summed E-state index contributed by atoms with van der Waals surface area (Å²) < 4.78 is 5.67. The second kappa shape index (κ2) is 4.77. The zero-order valence-electron chi connectivity index (χ0n) is 8.92. The van der Waals surface area contributed by atoms with Crippen LogP contribution in [0.25, 0.3) is 0 Å². The number of hydrogen-bond acceptors (Lipinski definition) is 2. The maximum atomic E-state index is 5.67. The van der Waals surface area contributed by atoms with E-state index >= 15 is 0 Å². The first-order valence-electron chi connectivity index (χ1n) is 5.16. The minimum absolute atomic E-state index is 0.387. The lowest BCUT2D eigenvalue weighted by Gasteiger charge is -2.33. The predicted octanol–water partition coefficient (Wildman–Crippen LogP) is 2.11. The van der Waals surface area contributed by atoms with Gasteiger partial charge in [-0.2, -0.15) is 0 Å². The van der Waals surface area contributed by atoms with E-state index < -0.39 is 0 Å². The van der Waals surface area contributed by atoms with E-state index in [2.05, 4.69) is 32.7 Å². The number of ether oxygens (including phenoxy) is 1. The Kier molecular flexibility index (Phi) is 3.94. The van der Waals surface area contributed by atoms with Crippen LogP contribution < -0.4 is 5.32 Å². The minimum atomic E-state index is 0.387. The van der Waals surface area contributed by atoms with Crippen LogP contribution in [0.4, 0.5) is 0 Å². The number of rotatable bonds is 3. The van der Waals surface area contributed by atoms with E-state index in [-0.39, 0.29) is 0 Å². The van der Waals surface area contributed by atoms with Gasteiger partial charge < -0.3 is 10.1 Å². The second-order valence-electron chi connectivity index (χ2n) is 4.12. The van der Waals surface area contributed by atoms with Crippen LogP contribution in [0.2, 0.25) is 0 Å². The molecule has 0 spiro atoms. The molecule has 0 saturated carbocycles. The largest absolute Gasteiger partial charge is 0.375 e. The molecule has 3 atom stereocenters. The molecule has 0 aliphatic carbocycles. The fourth-order valence-corrected chi connectivity index (χ4v) is 1.98. The van der Waals surface area contributed by atoms with E-state index in [0.29, 0.717) is 24.3 Å². The van der Waals surface area contributed by atoms with E-state index in [1.54, 1.807) is 0 Å². The molecule has 2 heteroatoms. The molecule has 2 nitrogen and oxygen atoms in total. The average Bonchev–Trinajstić information content (AvgIpc) is 2.02. The van der Waals surface area contributed by atoms with Crippen molar-refractivity contribution in [3.8, 4) is 0 Å². The maximum absolute atomic E-state index is 5.67. The van der Waals surface area contributed by atoms with Crippen molar-refractivity contribution >= 4 is 0 Å². The molecule has 0 amide bonds. The second-order valence-corrected chi connectivity index (χ2v) is 4.12. The van der Waals surface area contributed by atoms with Crippen molar-refractivity contribution in [3.63, 3.8) is 0 Å². The molecule has 0 aromatic carbocycles. The predicted molar refractivity (Wildman–Crippen MR) is 55.8 cm³/mol. The van der Waals surface area contributed by atoms with Gasteiger partial charge in [-0.25, -0.2) is 0 Å². The normalized spacial score (nSPS) is 37.0. The highest BCUT2D eigenvalue weighted by molar-refractivity contribution is 4.87. The fourth-order valence-electron chi connectivity index (χ4n) is 1.98. The first kappa shape index (κ1) is 10.7. The van der Waals surface area contributed by atoms with Crippen LogP contribution in [0.1, 0.15) is 33.6 Å². The van der Waals surface area contributed by atoms with Gasteiger partial charge in [-0.1, -0.05) is 6.08 Å². The highest BCUT2D eigenvalue weighted by Crippen LogP contribution is 2.19. The molecule has 1 N–H and O–H groups in total. The van der Waals surface area contributed by atoms with Gasteiger partial charge in [0.15, 0.2) is 0 Å². The van der Waals surface area contributed by atoms with Crippen LogP contribution in [-0.4, -0.2) is 24.3 Å². The first-order valence-corrected chi connectivity index (χ1v) is 5.16. The molecular weight excluding hydrogens is 162 g/mol. The Hall–Kier alpha value is -0.340. The minimum Gasteiger partial charge on any atom is -0.375 e. The molecule has 0 radical (unpaired) electrons. The standard InChI is InChI=1S/C11H21NO/c1-5-8(2)12-11-6-9(3)13-10(4)7-11/h5,8-12H,1,6-7H2,2-4H3. The van der Waals surface area contributed by atoms with Crippen LogP contribution in [0.5, 0.6) is 0 Å². The maximum Gasteiger partial charge on any atom is 0.0565 e. The zero-order valence-corrected chi connectivity index (χ0v) is 8.92. The summed E-state index contributed by atoms with van der Waals surface area (Å²) in [5, 5.41) is 3.53. The lowest BCUT2D eigenvalue weighted by molar-refractivity contribution is -0.0426. The smallest absolute Gasteiger partial charge is 0.0565 e. The van der Waals surface area contributed by atoms with E-state index in [1.165, 1.54) is 0 Å². The number of hydrogen-bond donors (Lipinski definition) is 1. The van der Waals surface area contributed by atoms with Gasteiger partial charge in [0.2, 0.25) is 0 Å². The first-order chi connectivity index (χ1) is 6.11. The molecule has 13 heavy (non-hydrogen) atoms. The SMILES string of the molecule is C=CC(C)NC1CC(C)OC(C)C1. The third-order valence-corrected chi connectivity index (χ3v) is 2.55. The summed E-state index contributed by atoms with van der Waals surface area (Å²) >= 11 is 0. The zero-order chi connectivity index (χ0) is 9.84. The van der Waals surface area contributed by atoms with Crippen molar-refractivity contribution in [2.75, 3.05) is 0 Å². The Labute approximate surface area is 81.4 Å². The summed E-state index contributed by atoms with van der Waals surface area (Å²) in [4.78, 5) is 0. The summed E-state index contributed by atoms with van der Waals surface area (Å²) in [5.41, 5.74) is 0. The van der Waals surface area contributed by atoms with E-state index in [4.69, 9.17) is 4.74 Å². The molecule has 3 unspecified atom stereocenters. The summed E-state index contributed by atoms with van der Waals surface area (Å²) in [6.45, 7) is 10.2. The van der Waals surface area contributed by atoms with Gasteiger partial charge in [-0.3, -0.25) is 0 Å². The van der Waals surface area contributed by atoms with Crippen LogP contribution in [-0.2, 0) is 4.74 Å². The van der Waals surface area contributed by atoms with Gasteiger partial charge >= 0.3 is 0 Å². The molecule has 1 saturated heterocycles. The monoisotopic (exact) mass is 183 g/mol. The van der Waals surface area contributed by atoms with Crippen molar-refractivity contribution in [2.24, 2.45) is 0 Å². The summed E-state index contributed by atoms with van der Waals surface area (Å²) in [7, 11) is 0. The lowest BCUT2D eigenvalue weighted by Crippen LogP contribution is -2.44. The Morgan fingerprint density at radius 1 is 1.38 bits per heavy atom. The van der Waals surface area contributed by atoms with Gasteiger partial charge in [0.05, 0.1) is 12.2 Å². The molecule has 1 rings (SSSR count).